The molecule has 7 heteroatoms. The minimum absolute atomic E-state index is 0.291. The third-order valence-electron chi connectivity index (χ3n) is 3.29. The van der Waals surface area contributed by atoms with Crippen LogP contribution in [0, 0.1) is 0 Å². The Morgan fingerprint density at radius 1 is 0.800 bits per heavy atom. The third-order valence-corrected chi connectivity index (χ3v) is 3.29. The van der Waals surface area contributed by atoms with Crippen molar-refractivity contribution < 1.29 is 23.9 Å². The van der Waals surface area contributed by atoms with E-state index in [9.17, 15) is 14.4 Å². The Hall–Kier alpha value is -3.35. The van der Waals surface area contributed by atoms with Gasteiger partial charge in [0.05, 0.1) is 19.3 Å². The maximum atomic E-state index is 12.0. The zero-order valence-electron chi connectivity index (χ0n) is 13.9. The lowest BCUT2D eigenvalue weighted by Crippen LogP contribution is -2.41. The second kappa shape index (κ2) is 8.49. The molecule has 0 heterocycles. The molecule has 2 N–H and O–H groups in total. The number of methoxy groups -OCH3 is 1. The van der Waals surface area contributed by atoms with Crippen LogP contribution in [0.4, 0.5) is 0 Å². The summed E-state index contributed by atoms with van der Waals surface area (Å²) in [6.07, 6.45) is 0. The van der Waals surface area contributed by atoms with Gasteiger partial charge < -0.3 is 9.47 Å². The molecule has 0 radical (unpaired) electrons. The van der Waals surface area contributed by atoms with Gasteiger partial charge in [-0.05, 0) is 55.5 Å². The van der Waals surface area contributed by atoms with E-state index in [1.165, 1.54) is 31.4 Å². The Labute approximate surface area is 144 Å². The highest BCUT2D eigenvalue weighted by molar-refractivity contribution is 5.99. The second-order valence-electron chi connectivity index (χ2n) is 4.93. The Kier molecular flexibility index (Phi) is 6.11. The number of nitrogens with one attached hydrogen (secondary N) is 2. The molecule has 25 heavy (non-hydrogen) atoms. The standard InChI is InChI=1S/C18H18N2O5/c1-3-25-15-10-8-13(9-11-15)17(22)20-19-16(21)12-4-6-14(7-5-12)18(23)24-2/h4-11H,3H2,1-2H3,(H,19,21)(H,20,22). The van der Waals surface area contributed by atoms with Gasteiger partial charge in [-0.3, -0.25) is 20.4 Å². The van der Waals surface area contributed by atoms with E-state index < -0.39 is 17.8 Å². The van der Waals surface area contributed by atoms with E-state index in [0.29, 0.717) is 29.0 Å². The number of hydrogen-bond donors (Lipinski definition) is 2. The minimum Gasteiger partial charge on any atom is -0.494 e. The van der Waals surface area contributed by atoms with E-state index in [2.05, 4.69) is 15.6 Å². The maximum Gasteiger partial charge on any atom is 0.337 e. The number of hydrogen-bond acceptors (Lipinski definition) is 5. The Morgan fingerprint density at radius 2 is 1.24 bits per heavy atom. The van der Waals surface area contributed by atoms with Crippen molar-refractivity contribution >= 4 is 17.8 Å². The Morgan fingerprint density at radius 3 is 1.68 bits per heavy atom. The van der Waals surface area contributed by atoms with E-state index in [1.807, 2.05) is 6.92 Å². The quantitative estimate of drug-likeness (QED) is 0.640. The zero-order chi connectivity index (χ0) is 18.2. The van der Waals surface area contributed by atoms with Gasteiger partial charge in [0, 0.05) is 11.1 Å². The number of benzene rings is 2. The van der Waals surface area contributed by atoms with Crippen LogP contribution in [0.2, 0.25) is 0 Å². The van der Waals surface area contributed by atoms with Gasteiger partial charge in [-0.2, -0.15) is 0 Å². The third kappa shape index (κ3) is 4.81. The summed E-state index contributed by atoms with van der Waals surface area (Å²) in [7, 11) is 1.28. The summed E-state index contributed by atoms with van der Waals surface area (Å²) in [6.45, 7) is 2.41. The first-order chi connectivity index (χ1) is 12.0. The molecule has 0 atom stereocenters. The molecular weight excluding hydrogens is 324 g/mol. The zero-order valence-corrected chi connectivity index (χ0v) is 13.9. The van der Waals surface area contributed by atoms with Gasteiger partial charge >= 0.3 is 5.97 Å². The summed E-state index contributed by atoms with van der Waals surface area (Å²) in [5, 5.41) is 0. The van der Waals surface area contributed by atoms with Crippen LogP contribution in [0.1, 0.15) is 38.0 Å². The Bertz CT molecular complexity index is 754. The molecule has 2 amide bonds. The summed E-state index contributed by atoms with van der Waals surface area (Å²) in [4.78, 5) is 35.4. The number of hydrazine groups is 1. The van der Waals surface area contributed by atoms with Crippen molar-refractivity contribution in [1.29, 1.82) is 0 Å². The SMILES string of the molecule is CCOc1ccc(C(=O)NNC(=O)c2ccc(C(=O)OC)cc2)cc1. The molecule has 0 bridgehead atoms. The molecule has 2 aromatic carbocycles. The molecule has 0 saturated heterocycles. The average Bonchev–Trinajstić information content (AvgIpc) is 2.66. The van der Waals surface area contributed by atoms with Crippen LogP contribution >= 0.6 is 0 Å². The number of ether oxygens (including phenoxy) is 2. The monoisotopic (exact) mass is 342 g/mol. The molecule has 0 aliphatic carbocycles. The number of carbonyl (C=O) groups excluding carboxylic acids is 3. The summed E-state index contributed by atoms with van der Waals surface area (Å²) >= 11 is 0. The largest absolute Gasteiger partial charge is 0.494 e. The van der Waals surface area contributed by atoms with E-state index in [0.717, 1.165) is 0 Å². The van der Waals surface area contributed by atoms with Crippen molar-refractivity contribution in [2.45, 2.75) is 6.92 Å². The van der Waals surface area contributed by atoms with Crippen LogP contribution in [0.15, 0.2) is 48.5 Å². The van der Waals surface area contributed by atoms with E-state index >= 15 is 0 Å². The van der Waals surface area contributed by atoms with Crippen LogP contribution in [-0.2, 0) is 4.74 Å². The van der Waals surface area contributed by atoms with Crippen molar-refractivity contribution in [3.8, 4) is 5.75 Å². The van der Waals surface area contributed by atoms with Crippen LogP contribution in [-0.4, -0.2) is 31.5 Å². The van der Waals surface area contributed by atoms with Crippen molar-refractivity contribution in [3.05, 3.63) is 65.2 Å². The lowest BCUT2D eigenvalue weighted by atomic mass is 10.1. The van der Waals surface area contributed by atoms with Crippen LogP contribution < -0.4 is 15.6 Å². The van der Waals surface area contributed by atoms with Crippen LogP contribution in [0.5, 0.6) is 5.75 Å². The molecule has 0 spiro atoms. The predicted molar refractivity (Wildman–Crippen MR) is 90.3 cm³/mol. The van der Waals surface area contributed by atoms with E-state index in [-0.39, 0.29) is 0 Å². The maximum absolute atomic E-state index is 12.0. The molecule has 0 fully saturated rings. The molecule has 0 saturated carbocycles. The van der Waals surface area contributed by atoms with Crippen molar-refractivity contribution in [2.24, 2.45) is 0 Å². The topological polar surface area (TPSA) is 93.7 Å². The second-order valence-corrected chi connectivity index (χ2v) is 4.93. The summed E-state index contributed by atoms with van der Waals surface area (Å²) < 4.78 is 9.88. The number of carbonyl (C=O) groups is 3. The molecule has 0 unspecified atom stereocenters. The molecule has 2 aromatic rings. The highest BCUT2D eigenvalue weighted by Gasteiger charge is 2.11. The Balaban J connectivity index is 1.92. The van der Waals surface area contributed by atoms with E-state index in [4.69, 9.17) is 4.74 Å². The van der Waals surface area contributed by atoms with Crippen molar-refractivity contribution in [2.75, 3.05) is 13.7 Å². The van der Waals surface area contributed by atoms with Gasteiger partial charge in [0.15, 0.2) is 0 Å². The molecule has 130 valence electrons. The molecule has 2 rings (SSSR count). The van der Waals surface area contributed by atoms with Gasteiger partial charge in [-0.25, -0.2) is 4.79 Å². The minimum atomic E-state index is -0.504. The van der Waals surface area contributed by atoms with Gasteiger partial charge in [-0.1, -0.05) is 0 Å². The summed E-state index contributed by atoms with van der Waals surface area (Å²) in [5.41, 5.74) is 5.64. The number of rotatable bonds is 5. The van der Waals surface area contributed by atoms with Crippen molar-refractivity contribution in [3.63, 3.8) is 0 Å². The highest BCUT2D eigenvalue weighted by atomic mass is 16.5. The van der Waals surface area contributed by atoms with Gasteiger partial charge in [0.1, 0.15) is 5.75 Å². The first-order valence-electron chi connectivity index (χ1n) is 7.57. The van der Waals surface area contributed by atoms with Crippen LogP contribution in [0.3, 0.4) is 0 Å². The average molecular weight is 342 g/mol. The van der Waals surface area contributed by atoms with Crippen LogP contribution in [0.25, 0.3) is 0 Å². The fourth-order valence-electron chi connectivity index (χ4n) is 2.00. The molecule has 0 aromatic heterocycles. The smallest absolute Gasteiger partial charge is 0.337 e. The number of amides is 2. The van der Waals surface area contributed by atoms with E-state index in [1.54, 1.807) is 24.3 Å². The fraction of sp³-hybridized carbons (Fsp3) is 0.167. The van der Waals surface area contributed by atoms with Gasteiger partial charge in [0.25, 0.3) is 11.8 Å². The van der Waals surface area contributed by atoms with Gasteiger partial charge in [0.2, 0.25) is 0 Å². The normalized spacial score (nSPS) is 9.84. The summed E-state index contributed by atoms with van der Waals surface area (Å²) in [6, 6.07) is 12.4. The molecule has 7 nitrogen and oxygen atoms in total. The molecule has 0 aliphatic rings. The first-order valence-corrected chi connectivity index (χ1v) is 7.57. The first kappa shape index (κ1) is 18.0. The number of esters is 1. The lowest BCUT2D eigenvalue weighted by Gasteiger charge is -2.08. The highest BCUT2D eigenvalue weighted by Crippen LogP contribution is 2.12. The summed E-state index contributed by atoms with van der Waals surface area (Å²) in [5.74, 6) is -0.789. The predicted octanol–water partition coefficient (Wildman–Crippen LogP) is 1.95. The van der Waals surface area contributed by atoms with Gasteiger partial charge in [-0.15, -0.1) is 0 Å². The fourth-order valence-corrected chi connectivity index (χ4v) is 2.00. The molecular formula is C18H18N2O5. The molecule has 0 aliphatic heterocycles. The van der Waals surface area contributed by atoms with Crippen molar-refractivity contribution in [1.82, 2.24) is 10.9 Å². The lowest BCUT2D eigenvalue weighted by molar-refractivity contribution is 0.0600.